The molecule has 2 aromatic carbocycles. The molecule has 0 unspecified atom stereocenters. The van der Waals surface area contributed by atoms with Crippen LogP contribution in [-0.2, 0) is 14.4 Å². The number of methoxy groups -OCH3 is 1. The number of fused-ring (bicyclic) bond motifs is 1. The molecule has 9 heteroatoms. The molecule has 0 bridgehead atoms. The average Bonchev–Trinajstić information content (AvgIpc) is 3.45. The van der Waals surface area contributed by atoms with Crippen LogP contribution in [0.5, 0.6) is 5.75 Å². The molecule has 0 spiro atoms. The van der Waals surface area contributed by atoms with E-state index >= 15 is 0 Å². The molecule has 2 aromatic rings. The lowest BCUT2D eigenvalue weighted by Gasteiger charge is -2.38. The van der Waals surface area contributed by atoms with Gasteiger partial charge in [-0.05, 0) is 37.1 Å². The maximum absolute atomic E-state index is 13.5. The van der Waals surface area contributed by atoms with Crippen LogP contribution in [0.3, 0.4) is 0 Å². The zero-order valence-electron chi connectivity index (χ0n) is 19.9. The maximum Gasteiger partial charge on any atom is 0.250 e. The first kappa shape index (κ1) is 23.5. The summed E-state index contributed by atoms with van der Waals surface area (Å²) in [6.07, 6.45) is 1.94. The highest BCUT2D eigenvalue weighted by molar-refractivity contribution is 8.01. The highest BCUT2D eigenvalue weighted by Gasteiger charge is 2.41. The van der Waals surface area contributed by atoms with Crippen LogP contribution in [0.25, 0.3) is 0 Å². The molecule has 3 aliphatic rings. The highest BCUT2D eigenvalue weighted by atomic mass is 32.2. The van der Waals surface area contributed by atoms with Crippen LogP contribution in [0.15, 0.2) is 53.4 Å². The summed E-state index contributed by atoms with van der Waals surface area (Å²) in [6.45, 7) is 3.89. The summed E-state index contributed by atoms with van der Waals surface area (Å²) < 4.78 is 5.33. The third-order valence-corrected chi connectivity index (χ3v) is 8.12. The van der Waals surface area contributed by atoms with Crippen molar-refractivity contribution >= 4 is 40.9 Å². The van der Waals surface area contributed by atoms with Crippen molar-refractivity contribution < 1.29 is 19.1 Å². The maximum atomic E-state index is 13.5. The third-order valence-electron chi connectivity index (χ3n) is 6.88. The van der Waals surface area contributed by atoms with Crippen molar-refractivity contribution in [2.45, 2.75) is 23.0 Å². The first-order chi connectivity index (χ1) is 17.0. The Bertz CT molecular complexity index is 1110. The number of hydrogen-bond acceptors (Lipinski definition) is 6. The fourth-order valence-corrected chi connectivity index (χ4v) is 6.08. The molecule has 8 nitrogen and oxygen atoms in total. The van der Waals surface area contributed by atoms with Gasteiger partial charge in [0.05, 0.1) is 12.8 Å². The molecule has 3 aliphatic heterocycles. The number of rotatable bonds is 5. The van der Waals surface area contributed by atoms with Crippen molar-refractivity contribution in [2.24, 2.45) is 0 Å². The van der Waals surface area contributed by atoms with Gasteiger partial charge in [-0.25, -0.2) is 0 Å². The number of carbonyl (C=O) groups is 3. The summed E-state index contributed by atoms with van der Waals surface area (Å²) in [4.78, 5) is 48.1. The minimum atomic E-state index is -0.833. The SMILES string of the molecule is COc1cccc(N2CCN(C(=O)CN3C(=O)[C@H](C(=O)N4CCCC4)Sc4ccccc43)CC2)c1. The number of amides is 3. The van der Waals surface area contributed by atoms with Crippen molar-refractivity contribution in [2.75, 3.05) is 62.7 Å². The molecule has 3 amide bonds. The first-order valence-electron chi connectivity index (χ1n) is 12.1. The predicted molar refractivity (Wildman–Crippen MR) is 136 cm³/mol. The zero-order chi connectivity index (χ0) is 24.4. The predicted octanol–water partition coefficient (Wildman–Crippen LogP) is 2.47. The summed E-state index contributed by atoms with van der Waals surface area (Å²) in [5.41, 5.74) is 1.77. The number of carbonyl (C=O) groups excluding carboxylic acids is 3. The zero-order valence-corrected chi connectivity index (χ0v) is 20.7. The summed E-state index contributed by atoms with van der Waals surface area (Å²) >= 11 is 1.30. The second-order valence-electron chi connectivity index (χ2n) is 8.99. The molecule has 0 N–H and O–H groups in total. The van der Waals surface area contributed by atoms with Crippen LogP contribution in [-0.4, -0.2) is 85.7 Å². The van der Waals surface area contributed by atoms with E-state index in [9.17, 15) is 14.4 Å². The van der Waals surface area contributed by atoms with Crippen LogP contribution < -0.4 is 14.5 Å². The van der Waals surface area contributed by atoms with E-state index in [4.69, 9.17) is 4.74 Å². The van der Waals surface area contributed by atoms with Crippen molar-refractivity contribution in [1.82, 2.24) is 9.80 Å². The molecule has 0 radical (unpaired) electrons. The molecule has 35 heavy (non-hydrogen) atoms. The fourth-order valence-electron chi connectivity index (χ4n) is 4.90. The lowest BCUT2D eigenvalue weighted by atomic mass is 10.2. The average molecular weight is 495 g/mol. The number of para-hydroxylation sites is 1. The second-order valence-corrected chi connectivity index (χ2v) is 10.1. The highest BCUT2D eigenvalue weighted by Crippen LogP contribution is 2.40. The van der Waals surface area contributed by atoms with Gasteiger partial charge in [-0.3, -0.25) is 14.4 Å². The Kier molecular flexibility index (Phi) is 6.86. The van der Waals surface area contributed by atoms with Crippen molar-refractivity contribution in [3.8, 4) is 5.75 Å². The lowest BCUT2D eigenvalue weighted by Crippen LogP contribution is -2.55. The van der Waals surface area contributed by atoms with Crippen molar-refractivity contribution in [3.05, 3.63) is 48.5 Å². The van der Waals surface area contributed by atoms with Crippen LogP contribution in [0.2, 0.25) is 0 Å². The van der Waals surface area contributed by atoms with E-state index in [-0.39, 0.29) is 24.3 Å². The Morgan fingerprint density at radius 2 is 1.69 bits per heavy atom. The summed E-state index contributed by atoms with van der Waals surface area (Å²) in [6, 6.07) is 15.4. The van der Waals surface area contributed by atoms with E-state index in [2.05, 4.69) is 4.90 Å². The van der Waals surface area contributed by atoms with E-state index in [1.54, 1.807) is 12.0 Å². The molecule has 2 saturated heterocycles. The summed E-state index contributed by atoms with van der Waals surface area (Å²) in [5, 5.41) is -0.833. The van der Waals surface area contributed by atoms with Crippen LogP contribution in [0.4, 0.5) is 11.4 Å². The molecule has 0 aliphatic carbocycles. The van der Waals surface area contributed by atoms with Gasteiger partial charge >= 0.3 is 0 Å². The van der Waals surface area contributed by atoms with E-state index in [1.807, 2.05) is 53.4 Å². The topological polar surface area (TPSA) is 73.4 Å². The molecule has 0 aromatic heterocycles. The van der Waals surface area contributed by atoms with Crippen molar-refractivity contribution in [1.29, 1.82) is 0 Å². The van der Waals surface area contributed by atoms with E-state index in [0.717, 1.165) is 29.2 Å². The quantitative estimate of drug-likeness (QED) is 0.595. The second kappa shape index (κ2) is 10.2. The summed E-state index contributed by atoms with van der Waals surface area (Å²) in [7, 11) is 1.65. The number of piperazine rings is 1. The molecule has 3 heterocycles. The Balaban J connectivity index is 1.27. The van der Waals surface area contributed by atoms with Gasteiger partial charge in [0.25, 0.3) is 5.91 Å². The minimum absolute atomic E-state index is 0.0562. The Labute approximate surface area is 209 Å². The standard InChI is InChI=1S/C26H30N4O4S/c1-34-20-8-6-7-19(17-20)27-13-15-28(16-14-27)23(31)18-30-21-9-2-3-10-22(21)35-24(26(30)33)25(32)29-11-4-5-12-29/h2-3,6-10,17,24H,4-5,11-16,18H2,1H3/t24-/m0/s1. The van der Waals surface area contributed by atoms with Crippen LogP contribution in [0, 0.1) is 0 Å². The molecule has 0 saturated carbocycles. The number of anilines is 2. The molecule has 2 fully saturated rings. The number of likely N-dealkylation sites (tertiary alicyclic amines) is 1. The molecule has 184 valence electrons. The molecular formula is C26H30N4O4S. The Morgan fingerprint density at radius 3 is 2.43 bits per heavy atom. The van der Waals surface area contributed by atoms with Gasteiger partial charge in [-0.1, -0.05) is 18.2 Å². The smallest absolute Gasteiger partial charge is 0.250 e. The Morgan fingerprint density at radius 1 is 0.943 bits per heavy atom. The number of nitrogens with zero attached hydrogens (tertiary/aromatic N) is 4. The van der Waals surface area contributed by atoms with Crippen molar-refractivity contribution in [3.63, 3.8) is 0 Å². The largest absolute Gasteiger partial charge is 0.497 e. The number of hydrogen-bond donors (Lipinski definition) is 0. The third kappa shape index (κ3) is 4.82. The van der Waals surface area contributed by atoms with Gasteiger partial charge in [-0.15, -0.1) is 11.8 Å². The van der Waals surface area contributed by atoms with E-state index < -0.39 is 5.25 Å². The molecule has 5 rings (SSSR count). The van der Waals surface area contributed by atoms with Gasteiger partial charge in [-0.2, -0.15) is 0 Å². The first-order valence-corrected chi connectivity index (χ1v) is 13.0. The molecular weight excluding hydrogens is 464 g/mol. The number of benzene rings is 2. The Hall–Kier alpha value is -3.20. The van der Waals surface area contributed by atoms with Gasteiger partial charge in [0.1, 0.15) is 12.3 Å². The van der Waals surface area contributed by atoms with Crippen LogP contribution >= 0.6 is 11.8 Å². The number of thioether (sulfide) groups is 1. The number of ether oxygens (including phenoxy) is 1. The van der Waals surface area contributed by atoms with E-state index in [1.165, 1.54) is 16.7 Å². The van der Waals surface area contributed by atoms with E-state index in [0.29, 0.717) is 45.0 Å². The van der Waals surface area contributed by atoms with Gasteiger partial charge < -0.3 is 24.3 Å². The fraction of sp³-hybridized carbons (Fsp3) is 0.423. The monoisotopic (exact) mass is 494 g/mol. The lowest BCUT2D eigenvalue weighted by molar-refractivity contribution is -0.135. The minimum Gasteiger partial charge on any atom is -0.497 e. The molecule has 1 atom stereocenters. The summed E-state index contributed by atoms with van der Waals surface area (Å²) in [5.74, 6) is 0.266. The normalized spacial score (nSPS) is 20.1. The van der Waals surface area contributed by atoms with Gasteiger partial charge in [0.15, 0.2) is 5.25 Å². The van der Waals surface area contributed by atoms with Gasteiger partial charge in [0.2, 0.25) is 11.8 Å². The van der Waals surface area contributed by atoms with Gasteiger partial charge in [0, 0.05) is 55.9 Å². The van der Waals surface area contributed by atoms with Crippen LogP contribution in [0.1, 0.15) is 12.8 Å².